The molecule has 3 rings (SSSR count). The normalized spacial score (nSPS) is 15.4. The van der Waals surface area contributed by atoms with Gasteiger partial charge in [0.2, 0.25) is 0 Å². The average Bonchev–Trinajstić information content (AvgIpc) is 2.75. The van der Waals surface area contributed by atoms with Crippen LogP contribution < -0.4 is 15.4 Å². The maximum atomic E-state index is 12.4. The van der Waals surface area contributed by atoms with Crippen LogP contribution in [-0.2, 0) is 11.2 Å². The quantitative estimate of drug-likeness (QED) is 0.714. The molecule has 1 saturated carbocycles. The third kappa shape index (κ3) is 6.08. The van der Waals surface area contributed by atoms with E-state index in [9.17, 15) is 9.59 Å². The number of amides is 2. The zero-order valence-corrected chi connectivity index (χ0v) is 17.2. The van der Waals surface area contributed by atoms with Gasteiger partial charge in [-0.3, -0.25) is 9.59 Å². The van der Waals surface area contributed by atoms with Gasteiger partial charge >= 0.3 is 0 Å². The zero-order chi connectivity index (χ0) is 20.6. The summed E-state index contributed by atoms with van der Waals surface area (Å²) in [6.07, 6.45) is 6.04. The van der Waals surface area contributed by atoms with E-state index < -0.39 is 6.10 Å². The fourth-order valence-corrected chi connectivity index (χ4v) is 3.53. The number of anilines is 1. The minimum Gasteiger partial charge on any atom is -0.481 e. The van der Waals surface area contributed by atoms with Gasteiger partial charge in [-0.05, 0) is 68.1 Å². The summed E-state index contributed by atoms with van der Waals surface area (Å²) in [7, 11) is 0. The lowest BCUT2D eigenvalue weighted by molar-refractivity contribution is -0.122. The average molecular weight is 395 g/mol. The van der Waals surface area contributed by atoms with Crippen LogP contribution in [0.2, 0.25) is 0 Å². The van der Waals surface area contributed by atoms with Crippen LogP contribution in [0.15, 0.2) is 48.5 Å². The van der Waals surface area contributed by atoms with E-state index in [1.807, 2.05) is 24.3 Å². The van der Waals surface area contributed by atoms with Gasteiger partial charge in [-0.15, -0.1) is 0 Å². The first-order valence-corrected chi connectivity index (χ1v) is 10.5. The summed E-state index contributed by atoms with van der Waals surface area (Å²) in [4.78, 5) is 24.8. The summed E-state index contributed by atoms with van der Waals surface area (Å²) in [6, 6.07) is 15.0. The van der Waals surface area contributed by atoms with Crippen molar-refractivity contribution in [2.75, 3.05) is 5.32 Å². The van der Waals surface area contributed by atoms with Crippen LogP contribution in [0.3, 0.4) is 0 Å². The molecule has 2 amide bonds. The summed E-state index contributed by atoms with van der Waals surface area (Å²) in [5.41, 5.74) is 2.58. The van der Waals surface area contributed by atoms with E-state index in [-0.39, 0.29) is 17.9 Å². The molecule has 0 unspecified atom stereocenters. The molecule has 0 bridgehead atoms. The molecule has 1 fully saturated rings. The highest BCUT2D eigenvalue weighted by Crippen LogP contribution is 2.19. The van der Waals surface area contributed by atoms with Crippen molar-refractivity contribution in [2.45, 2.75) is 64.5 Å². The fraction of sp³-hybridized carbons (Fsp3) is 0.417. The summed E-state index contributed by atoms with van der Waals surface area (Å²) in [5, 5.41) is 5.97. The Bertz CT molecular complexity index is 809. The Kier molecular flexibility index (Phi) is 7.28. The SMILES string of the molecule is CCc1ccc(NC(=O)[C@@H](C)Oc2ccc(C(=O)NC3CCCCC3)cc2)cc1. The number of hydrogen-bond acceptors (Lipinski definition) is 3. The lowest BCUT2D eigenvalue weighted by atomic mass is 9.95. The van der Waals surface area contributed by atoms with Crippen LogP contribution in [0, 0.1) is 0 Å². The van der Waals surface area contributed by atoms with E-state index in [1.165, 1.54) is 24.8 Å². The molecule has 0 aliphatic heterocycles. The number of aryl methyl sites for hydroxylation is 1. The number of hydrogen-bond donors (Lipinski definition) is 2. The molecule has 5 heteroatoms. The molecular formula is C24H30N2O3. The Balaban J connectivity index is 1.51. The van der Waals surface area contributed by atoms with Crippen LogP contribution in [0.4, 0.5) is 5.69 Å². The zero-order valence-electron chi connectivity index (χ0n) is 17.2. The maximum absolute atomic E-state index is 12.4. The second kappa shape index (κ2) is 10.1. The van der Waals surface area contributed by atoms with Gasteiger partial charge in [0.25, 0.3) is 11.8 Å². The first-order valence-electron chi connectivity index (χ1n) is 10.5. The van der Waals surface area contributed by atoms with E-state index in [0.29, 0.717) is 11.3 Å². The lowest BCUT2D eigenvalue weighted by Gasteiger charge is -2.22. The molecule has 2 aromatic carbocycles. The Morgan fingerprint density at radius 1 is 1.00 bits per heavy atom. The first-order chi connectivity index (χ1) is 14.0. The molecule has 5 nitrogen and oxygen atoms in total. The summed E-state index contributed by atoms with van der Waals surface area (Å²) < 4.78 is 5.73. The molecule has 1 atom stereocenters. The van der Waals surface area contributed by atoms with Crippen molar-refractivity contribution in [3.05, 3.63) is 59.7 Å². The van der Waals surface area contributed by atoms with Gasteiger partial charge < -0.3 is 15.4 Å². The van der Waals surface area contributed by atoms with Crippen molar-refractivity contribution < 1.29 is 14.3 Å². The molecule has 1 aliphatic rings. The Morgan fingerprint density at radius 2 is 1.66 bits per heavy atom. The topological polar surface area (TPSA) is 67.4 Å². The largest absolute Gasteiger partial charge is 0.481 e. The third-order valence-corrected chi connectivity index (χ3v) is 5.37. The van der Waals surface area contributed by atoms with E-state index in [0.717, 1.165) is 24.9 Å². The minimum atomic E-state index is -0.650. The molecule has 0 aromatic heterocycles. The van der Waals surface area contributed by atoms with Crippen LogP contribution in [0.5, 0.6) is 5.75 Å². The van der Waals surface area contributed by atoms with Crippen molar-refractivity contribution in [3.8, 4) is 5.75 Å². The molecule has 0 radical (unpaired) electrons. The summed E-state index contributed by atoms with van der Waals surface area (Å²) in [5.74, 6) is 0.293. The number of benzene rings is 2. The molecule has 0 spiro atoms. The number of carbonyl (C=O) groups is 2. The van der Waals surface area contributed by atoms with Gasteiger partial charge in [0.05, 0.1) is 0 Å². The molecular weight excluding hydrogens is 364 g/mol. The van der Waals surface area contributed by atoms with Gasteiger partial charge in [0.15, 0.2) is 6.10 Å². The number of nitrogens with one attached hydrogen (secondary N) is 2. The van der Waals surface area contributed by atoms with Gasteiger partial charge in [-0.25, -0.2) is 0 Å². The van der Waals surface area contributed by atoms with Crippen LogP contribution in [-0.4, -0.2) is 24.0 Å². The van der Waals surface area contributed by atoms with Crippen molar-refractivity contribution >= 4 is 17.5 Å². The molecule has 29 heavy (non-hydrogen) atoms. The first kappa shape index (κ1) is 20.9. The molecule has 2 aromatic rings. The number of rotatable bonds is 7. The Morgan fingerprint density at radius 3 is 2.28 bits per heavy atom. The molecule has 154 valence electrons. The predicted octanol–water partition coefficient (Wildman–Crippen LogP) is 4.72. The molecule has 0 heterocycles. The third-order valence-electron chi connectivity index (χ3n) is 5.37. The monoisotopic (exact) mass is 394 g/mol. The van der Waals surface area contributed by atoms with Crippen LogP contribution in [0.1, 0.15) is 61.9 Å². The summed E-state index contributed by atoms with van der Waals surface area (Å²) in [6.45, 7) is 3.80. The Hall–Kier alpha value is -2.82. The predicted molar refractivity (Wildman–Crippen MR) is 115 cm³/mol. The highest BCUT2D eigenvalue weighted by molar-refractivity contribution is 5.95. The van der Waals surface area contributed by atoms with Crippen molar-refractivity contribution in [1.82, 2.24) is 5.32 Å². The van der Waals surface area contributed by atoms with Gasteiger partial charge in [-0.2, -0.15) is 0 Å². The molecule has 2 N–H and O–H groups in total. The second-order valence-electron chi connectivity index (χ2n) is 7.63. The lowest BCUT2D eigenvalue weighted by Crippen LogP contribution is -2.36. The molecule has 0 saturated heterocycles. The van der Waals surface area contributed by atoms with Crippen LogP contribution >= 0.6 is 0 Å². The van der Waals surface area contributed by atoms with Gasteiger partial charge in [-0.1, -0.05) is 38.3 Å². The van der Waals surface area contributed by atoms with E-state index in [4.69, 9.17) is 4.74 Å². The van der Waals surface area contributed by atoms with Gasteiger partial charge in [0, 0.05) is 17.3 Å². The van der Waals surface area contributed by atoms with Gasteiger partial charge in [0.1, 0.15) is 5.75 Å². The van der Waals surface area contributed by atoms with E-state index in [1.54, 1.807) is 31.2 Å². The number of carbonyl (C=O) groups excluding carboxylic acids is 2. The summed E-state index contributed by atoms with van der Waals surface area (Å²) >= 11 is 0. The number of ether oxygens (including phenoxy) is 1. The van der Waals surface area contributed by atoms with Crippen molar-refractivity contribution in [3.63, 3.8) is 0 Å². The van der Waals surface area contributed by atoms with Crippen molar-refractivity contribution in [2.24, 2.45) is 0 Å². The fourth-order valence-electron chi connectivity index (χ4n) is 3.53. The van der Waals surface area contributed by atoms with E-state index >= 15 is 0 Å². The Labute approximate surface area is 172 Å². The standard InChI is InChI=1S/C24H30N2O3/c1-3-18-9-13-21(14-10-18)25-23(27)17(2)29-22-15-11-19(12-16-22)24(28)26-20-7-5-4-6-8-20/h9-17,20H,3-8H2,1-2H3,(H,25,27)(H,26,28)/t17-/m1/s1. The molecule has 1 aliphatic carbocycles. The van der Waals surface area contributed by atoms with E-state index in [2.05, 4.69) is 17.6 Å². The smallest absolute Gasteiger partial charge is 0.265 e. The highest BCUT2D eigenvalue weighted by Gasteiger charge is 2.18. The minimum absolute atomic E-state index is 0.0511. The van der Waals surface area contributed by atoms with Crippen LogP contribution in [0.25, 0.3) is 0 Å². The second-order valence-corrected chi connectivity index (χ2v) is 7.63. The maximum Gasteiger partial charge on any atom is 0.265 e. The highest BCUT2D eigenvalue weighted by atomic mass is 16.5. The van der Waals surface area contributed by atoms with Crippen molar-refractivity contribution in [1.29, 1.82) is 0 Å².